The Morgan fingerprint density at radius 2 is 1.78 bits per heavy atom. The van der Waals surface area contributed by atoms with E-state index in [0.717, 1.165) is 23.3 Å². The molecule has 36 heavy (non-hydrogen) atoms. The molecule has 0 saturated carbocycles. The molecular formula is C31H31NO4. The molecule has 1 aliphatic heterocycles. The molecule has 0 spiro atoms. The Labute approximate surface area is 212 Å². The predicted octanol–water partition coefficient (Wildman–Crippen LogP) is 6.27. The first-order valence-electron chi connectivity index (χ1n) is 12.3. The van der Waals surface area contributed by atoms with Crippen molar-refractivity contribution in [2.45, 2.75) is 31.4 Å². The van der Waals surface area contributed by atoms with Crippen molar-refractivity contribution in [3.05, 3.63) is 107 Å². The highest BCUT2D eigenvalue weighted by atomic mass is 16.5. The summed E-state index contributed by atoms with van der Waals surface area (Å²) in [7, 11) is 2.95. The molecule has 1 N–H and O–H groups in total. The van der Waals surface area contributed by atoms with Crippen molar-refractivity contribution < 1.29 is 19.0 Å². The third kappa shape index (κ3) is 4.67. The molecule has 4 aromatic carbocycles. The van der Waals surface area contributed by atoms with Gasteiger partial charge in [-0.05, 0) is 53.4 Å². The summed E-state index contributed by atoms with van der Waals surface area (Å²) in [6, 6.07) is 29.0. The Balaban J connectivity index is 1.39. The fourth-order valence-corrected chi connectivity index (χ4v) is 5.19. The van der Waals surface area contributed by atoms with Gasteiger partial charge in [-0.25, -0.2) is 4.79 Å². The fourth-order valence-electron chi connectivity index (χ4n) is 5.19. The summed E-state index contributed by atoms with van der Waals surface area (Å²) in [6.07, 6.45) is 0.769. The minimum atomic E-state index is -0.406. The SMILES string of the molecule is COC(=O)c1cc(C2CC(CNC(C)c3cccc4ccccc34)Oc3ccccc32)ccc1OC. The van der Waals surface area contributed by atoms with Gasteiger partial charge in [-0.2, -0.15) is 0 Å². The van der Waals surface area contributed by atoms with Crippen molar-refractivity contribution in [3.63, 3.8) is 0 Å². The van der Waals surface area contributed by atoms with Gasteiger partial charge < -0.3 is 19.5 Å². The Morgan fingerprint density at radius 3 is 2.61 bits per heavy atom. The maximum Gasteiger partial charge on any atom is 0.341 e. The first kappa shape index (κ1) is 23.9. The number of para-hydroxylation sites is 1. The average molecular weight is 482 g/mol. The molecule has 3 atom stereocenters. The molecule has 0 saturated heterocycles. The zero-order valence-corrected chi connectivity index (χ0v) is 20.9. The van der Waals surface area contributed by atoms with E-state index in [1.807, 2.05) is 36.4 Å². The van der Waals surface area contributed by atoms with Gasteiger partial charge in [0.15, 0.2) is 0 Å². The number of benzene rings is 4. The molecule has 0 fully saturated rings. The van der Waals surface area contributed by atoms with E-state index >= 15 is 0 Å². The molecule has 5 rings (SSSR count). The second-order valence-electron chi connectivity index (χ2n) is 9.22. The van der Waals surface area contributed by atoms with E-state index < -0.39 is 5.97 Å². The Bertz CT molecular complexity index is 1380. The number of hydrogen-bond donors (Lipinski definition) is 1. The highest BCUT2D eigenvalue weighted by Gasteiger charge is 2.30. The topological polar surface area (TPSA) is 56.8 Å². The van der Waals surface area contributed by atoms with Crippen molar-refractivity contribution in [1.82, 2.24) is 5.32 Å². The number of hydrogen-bond acceptors (Lipinski definition) is 5. The molecule has 0 amide bonds. The standard InChI is InChI=1S/C31H31NO4/c1-20(24-13-8-10-21-9-4-5-11-25(21)24)32-19-23-18-27(26-12-6-7-14-30(26)36-23)22-15-16-29(34-2)28(17-22)31(33)35-3/h4-17,20,23,27,32H,18-19H2,1-3H3. The summed E-state index contributed by atoms with van der Waals surface area (Å²) in [4.78, 5) is 12.4. The molecule has 184 valence electrons. The second-order valence-corrected chi connectivity index (χ2v) is 9.22. The highest BCUT2D eigenvalue weighted by Crippen LogP contribution is 2.41. The monoisotopic (exact) mass is 481 g/mol. The van der Waals surface area contributed by atoms with Gasteiger partial charge in [0.2, 0.25) is 0 Å². The zero-order valence-electron chi connectivity index (χ0n) is 20.9. The van der Waals surface area contributed by atoms with Gasteiger partial charge in [-0.3, -0.25) is 0 Å². The molecule has 0 aliphatic carbocycles. The largest absolute Gasteiger partial charge is 0.496 e. The Kier molecular flexibility index (Phi) is 6.92. The van der Waals surface area contributed by atoms with Crippen LogP contribution in [0.4, 0.5) is 0 Å². The molecule has 5 nitrogen and oxygen atoms in total. The normalized spacial score (nSPS) is 17.6. The third-order valence-electron chi connectivity index (χ3n) is 7.06. The lowest BCUT2D eigenvalue weighted by atomic mass is 9.83. The zero-order chi connectivity index (χ0) is 25.1. The van der Waals surface area contributed by atoms with Crippen molar-refractivity contribution in [3.8, 4) is 11.5 Å². The van der Waals surface area contributed by atoms with E-state index in [0.29, 0.717) is 17.9 Å². The van der Waals surface area contributed by atoms with Crippen LogP contribution in [0, 0.1) is 0 Å². The molecule has 4 aromatic rings. The van der Waals surface area contributed by atoms with Crippen molar-refractivity contribution in [2.75, 3.05) is 20.8 Å². The molecule has 0 bridgehead atoms. The number of carbonyl (C=O) groups excluding carboxylic acids is 1. The van der Waals surface area contributed by atoms with Crippen LogP contribution in [0.15, 0.2) is 84.9 Å². The van der Waals surface area contributed by atoms with Crippen LogP contribution in [-0.4, -0.2) is 32.8 Å². The fraction of sp³-hybridized carbons (Fsp3) is 0.258. The van der Waals surface area contributed by atoms with Crippen LogP contribution in [0.3, 0.4) is 0 Å². The summed E-state index contributed by atoms with van der Waals surface area (Å²) in [6.45, 7) is 2.90. The molecule has 0 radical (unpaired) electrons. The number of carbonyl (C=O) groups is 1. The van der Waals surface area contributed by atoms with Gasteiger partial charge >= 0.3 is 5.97 Å². The quantitative estimate of drug-likeness (QED) is 0.315. The van der Waals surface area contributed by atoms with Crippen LogP contribution in [0.25, 0.3) is 10.8 Å². The number of nitrogens with one attached hydrogen (secondary N) is 1. The van der Waals surface area contributed by atoms with E-state index in [4.69, 9.17) is 14.2 Å². The number of methoxy groups -OCH3 is 2. The molecule has 0 aromatic heterocycles. The van der Waals surface area contributed by atoms with Gasteiger partial charge in [-0.15, -0.1) is 0 Å². The lowest BCUT2D eigenvalue weighted by Gasteiger charge is -2.33. The minimum absolute atomic E-state index is 0.0222. The molecule has 1 heterocycles. The number of ether oxygens (including phenoxy) is 3. The van der Waals surface area contributed by atoms with Crippen LogP contribution in [0.5, 0.6) is 11.5 Å². The average Bonchev–Trinajstić information content (AvgIpc) is 2.94. The van der Waals surface area contributed by atoms with E-state index in [1.165, 1.54) is 23.4 Å². The predicted molar refractivity (Wildman–Crippen MR) is 142 cm³/mol. The van der Waals surface area contributed by atoms with Gasteiger partial charge in [0.05, 0.1) is 14.2 Å². The van der Waals surface area contributed by atoms with Crippen LogP contribution in [0.2, 0.25) is 0 Å². The minimum Gasteiger partial charge on any atom is -0.496 e. The maximum absolute atomic E-state index is 12.4. The lowest BCUT2D eigenvalue weighted by Crippen LogP contribution is -2.37. The first-order chi connectivity index (χ1) is 17.6. The van der Waals surface area contributed by atoms with Gasteiger partial charge in [0, 0.05) is 24.1 Å². The van der Waals surface area contributed by atoms with Crippen LogP contribution >= 0.6 is 0 Å². The third-order valence-corrected chi connectivity index (χ3v) is 7.06. The summed E-state index contributed by atoms with van der Waals surface area (Å²) in [5.74, 6) is 1.07. The van der Waals surface area contributed by atoms with E-state index in [2.05, 4.69) is 60.8 Å². The van der Waals surface area contributed by atoms with E-state index in [-0.39, 0.29) is 18.1 Å². The van der Waals surface area contributed by atoms with E-state index in [9.17, 15) is 4.79 Å². The molecular weight excluding hydrogens is 450 g/mol. The van der Waals surface area contributed by atoms with Gasteiger partial charge in [0.25, 0.3) is 0 Å². The Hall–Kier alpha value is -3.83. The number of fused-ring (bicyclic) bond motifs is 2. The van der Waals surface area contributed by atoms with Crippen LogP contribution < -0.4 is 14.8 Å². The second kappa shape index (κ2) is 10.4. The van der Waals surface area contributed by atoms with Crippen molar-refractivity contribution in [2.24, 2.45) is 0 Å². The summed E-state index contributed by atoms with van der Waals surface area (Å²) in [5.41, 5.74) is 3.87. The van der Waals surface area contributed by atoms with Crippen LogP contribution in [-0.2, 0) is 4.74 Å². The van der Waals surface area contributed by atoms with Crippen LogP contribution in [0.1, 0.15) is 52.4 Å². The first-order valence-corrected chi connectivity index (χ1v) is 12.3. The van der Waals surface area contributed by atoms with Gasteiger partial charge in [0.1, 0.15) is 23.2 Å². The number of esters is 1. The smallest absolute Gasteiger partial charge is 0.341 e. The van der Waals surface area contributed by atoms with Crippen molar-refractivity contribution in [1.29, 1.82) is 0 Å². The van der Waals surface area contributed by atoms with Gasteiger partial charge in [-0.1, -0.05) is 66.7 Å². The Morgan fingerprint density at radius 1 is 1.00 bits per heavy atom. The molecule has 5 heteroatoms. The molecule has 3 unspecified atom stereocenters. The number of rotatable bonds is 7. The van der Waals surface area contributed by atoms with Crippen molar-refractivity contribution >= 4 is 16.7 Å². The molecule has 1 aliphatic rings. The highest BCUT2D eigenvalue weighted by molar-refractivity contribution is 5.92. The maximum atomic E-state index is 12.4. The summed E-state index contributed by atoms with van der Waals surface area (Å²) in [5, 5.41) is 6.21. The summed E-state index contributed by atoms with van der Waals surface area (Å²) < 4.78 is 16.8. The lowest BCUT2D eigenvalue weighted by molar-refractivity contribution is 0.0597. The van der Waals surface area contributed by atoms with E-state index in [1.54, 1.807) is 7.11 Å². The summed E-state index contributed by atoms with van der Waals surface area (Å²) >= 11 is 0.